The molecule has 6 unspecified atom stereocenters. The Kier molecular flexibility index (Phi) is 18.4. The number of unbranched alkanes of at least 4 members (excludes halogenated alkanes) is 1. The number of nitrogens with one attached hydrogen (secondary N) is 4. The number of carbonyl (C=O) groups is 7. The molecule has 16 heteroatoms. The lowest BCUT2D eigenvalue weighted by atomic mass is 9.96. The molecule has 0 bridgehead atoms. The molecule has 0 saturated heterocycles. The maximum absolute atomic E-state index is 13.4. The summed E-state index contributed by atoms with van der Waals surface area (Å²) in [4.78, 5) is 86.7. The molecule has 0 aliphatic carbocycles. The second-order valence-corrected chi connectivity index (χ2v) is 11.0. The first kappa shape index (κ1) is 39.2. The van der Waals surface area contributed by atoms with Crippen molar-refractivity contribution in [3.05, 3.63) is 0 Å². The van der Waals surface area contributed by atoms with Crippen molar-refractivity contribution in [1.29, 1.82) is 0 Å². The van der Waals surface area contributed by atoms with Gasteiger partial charge in [0.2, 0.25) is 29.5 Å². The van der Waals surface area contributed by atoms with E-state index in [2.05, 4.69) is 21.3 Å². The van der Waals surface area contributed by atoms with Gasteiger partial charge in [0.05, 0.1) is 12.5 Å². The highest BCUT2D eigenvalue weighted by molar-refractivity contribution is 5.96. The van der Waals surface area contributed by atoms with Gasteiger partial charge in [-0.2, -0.15) is 0 Å². The van der Waals surface area contributed by atoms with Crippen LogP contribution >= 0.6 is 0 Å². The minimum absolute atomic E-state index is 0.0578. The summed E-state index contributed by atoms with van der Waals surface area (Å²) in [5.41, 5.74) is 16.5. The Morgan fingerprint density at radius 1 is 0.744 bits per heavy atom. The fourth-order valence-electron chi connectivity index (χ4n) is 4.07. The molecule has 0 aliphatic heterocycles. The summed E-state index contributed by atoms with van der Waals surface area (Å²) in [6.45, 7) is 7.37. The van der Waals surface area contributed by atoms with Crippen LogP contribution in [-0.4, -0.2) is 88.4 Å². The molecule has 16 nitrogen and oxygen atoms in total. The molecule has 0 spiro atoms. The van der Waals surface area contributed by atoms with Crippen molar-refractivity contribution in [2.45, 2.75) is 109 Å². The summed E-state index contributed by atoms with van der Waals surface area (Å²) in [5.74, 6) is -7.34. The molecule has 0 aromatic rings. The minimum atomic E-state index is -1.55. The number of hydrogen-bond acceptors (Lipinski definition) is 9. The Balaban J connectivity index is 5.94. The molecule has 43 heavy (non-hydrogen) atoms. The zero-order valence-electron chi connectivity index (χ0n) is 25.4. The first-order valence-corrected chi connectivity index (χ1v) is 14.4. The fraction of sp³-hybridized carbons (Fsp3) is 0.741. The first-order chi connectivity index (χ1) is 20.0. The molecule has 0 rings (SSSR count). The van der Waals surface area contributed by atoms with E-state index in [1.807, 2.05) is 13.8 Å². The van der Waals surface area contributed by atoms with Crippen LogP contribution in [0, 0.1) is 11.8 Å². The van der Waals surface area contributed by atoms with Gasteiger partial charge in [0, 0.05) is 6.42 Å². The molecule has 6 atom stereocenters. The summed E-state index contributed by atoms with van der Waals surface area (Å²) in [7, 11) is 0. The molecular formula is C27H49N7O9. The van der Waals surface area contributed by atoms with Crippen molar-refractivity contribution >= 4 is 41.5 Å². The van der Waals surface area contributed by atoms with Crippen molar-refractivity contribution in [2.24, 2.45) is 29.0 Å². The van der Waals surface area contributed by atoms with Crippen LogP contribution < -0.4 is 38.5 Å². The molecule has 0 aromatic carbocycles. The van der Waals surface area contributed by atoms with Gasteiger partial charge in [-0.1, -0.05) is 34.1 Å². The molecule has 5 amide bonds. The zero-order valence-corrected chi connectivity index (χ0v) is 25.4. The normalized spacial score (nSPS) is 15.2. The predicted octanol–water partition coefficient (Wildman–Crippen LogP) is -1.70. The lowest BCUT2D eigenvalue weighted by molar-refractivity contribution is -0.142. The number of primary amides is 1. The van der Waals surface area contributed by atoms with Crippen LogP contribution in [0.2, 0.25) is 0 Å². The molecule has 0 aliphatic rings. The van der Waals surface area contributed by atoms with E-state index < -0.39 is 84.0 Å². The maximum atomic E-state index is 13.4. The van der Waals surface area contributed by atoms with Crippen molar-refractivity contribution < 1.29 is 43.8 Å². The van der Waals surface area contributed by atoms with E-state index in [1.54, 1.807) is 13.8 Å². The Labute approximate surface area is 251 Å². The van der Waals surface area contributed by atoms with Crippen LogP contribution in [0.1, 0.15) is 79.1 Å². The zero-order chi connectivity index (χ0) is 33.3. The number of hydrogen-bond donors (Lipinski definition) is 9. The standard InChI is InChI=1S/C27H49N7O9/c1-5-15(4)22(34-25(40)19(13-21(36)37)33-23(38)16(29)12-14(2)3)26(41)31-17(9-10-20(30)35)24(39)32-18(27(42)43)8-6-7-11-28/h14-19,22H,5-13,28-29H2,1-4H3,(H2,30,35)(H,31,41)(H,32,39)(H,33,38)(H,34,40)(H,36,37)(H,42,43). The number of nitrogens with two attached hydrogens (primary N) is 3. The number of carboxylic acids is 2. The second kappa shape index (κ2) is 20.2. The van der Waals surface area contributed by atoms with Gasteiger partial charge in [-0.25, -0.2) is 4.79 Å². The molecule has 12 N–H and O–H groups in total. The van der Waals surface area contributed by atoms with E-state index in [0.717, 1.165) is 0 Å². The Bertz CT molecular complexity index is 976. The molecule has 0 heterocycles. The summed E-state index contributed by atoms with van der Waals surface area (Å²) < 4.78 is 0. The lowest BCUT2D eigenvalue weighted by Gasteiger charge is -2.28. The number of rotatable bonds is 22. The second-order valence-electron chi connectivity index (χ2n) is 11.0. The van der Waals surface area contributed by atoms with Gasteiger partial charge in [-0.15, -0.1) is 0 Å². The lowest BCUT2D eigenvalue weighted by Crippen LogP contribution is -2.60. The Hall–Kier alpha value is -3.79. The van der Waals surface area contributed by atoms with E-state index in [0.29, 0.717) is 25.8 Å². The average molecular weight is 616 g/mol. The van der Waals surface area contributed by atoms with Gasteiger partial charge < -0.3 is 48.7 Å². The van der Waals surface area contributed by atoms with Crippen molar-refractivity contribution in [3.8, 4) is 0 Å². The van der Waals surface area contributed by atoms with Crippen LogP contribution in [0.3, 0.4) is 0 Å². The van der Waals surface area contributed by atoms with Crippen molar-refractivity contribution in [1.82, 2.24) is 21.3 Å². The topological polar surface area (TPSA) is 286 Å². The molecule has 0 radical (unpaired) electrons. The highest BCUT2D eigenvalue weighted by atomic mass is 16.4. The van der Waals surface area contributed by atoms with Crippen LogP contribution in [0.5, 0.6) is 0 Å². The molecule has 0 saturated carbocycles. The first-order valence-electron chi connectivity index (χ1n) is 14.4. The third-order valence-electron chi connectivity index (χ3n) is 6.74. The van der Waals surface area contributed by atoms with Gasteiger partial charge in [0.1, 0.15) is 24.2 Å². The van der Waals surface area contributed by atoms with Crippen LogP contribution in [0.4, 0.5) is 0 Å². The van der Waals surface area contributed by atoms with E-state index in [4.69, 9.17) is 17.2 Å². The highest BCUT2D eigenvalue weighted by Crippen LogP contribution is 2.11. The van der Waals surface area contributed by atoms with Gasteiger partial charge in [-0.05, 0) is 50.5 Å². The van der Waals surface area contributed by atoms with Crippen LogP contribution in [0.25, 0.3) is 0 Å². The quantitative estimate of drug-likeness (QED) is 0.0618. The number of amides is 5. The van der Waals surface area contributed by atoms with E-state index in [9.17, 15) is 43.8 Å². The Morgan fingerprint density at radius 2 is 1.30 bits per heavy atom. The van der Waals surface area contributed by atoms with Crippen LogP contribution in [0.15, 0.2) is 0 Å². The van der Waals surface area contributed by atoms with Crippen molar-refractivity contribution in [2.75, 3.05) is 6.54 Å². The summed E-state index contributed by atoms with van der Waals surface area (Å²) in [6, 6.07) is -6.50. The minimum Gasteiger partial charge on any atom is -0.481 e. The smallest absolute Gasteiger partial charge is 0.326 e. The average Bonchev–Trinajstić information content (AvgIpc) is 2.91. The van der Waals surface area contributed by atoms with Gasteiger partial charge in [-0.3, -0.25) is 28.8 Å². The van der Waals surface area contributed by atoms with Gasteiger partial charge in [0.25, 0.3) is 0 Å². The highest BCUT2D eigenvalue weighted by Gasteiger charge is 2.34. The third kappa shape index (κ3) is 15.9. The predicted molar refractivity (Wildman–Crippen MR) is 156 cm³/mol. The van der Waals surface area contributed by atoms with Gasteiger partial charge in [0.15, 0.2) is 0 Å². The molecule has 0 aromatic heterocycles. The SMILES string of the molecule is CCC(C)C(NC(=O)C(CC(=O)O)NC(=O)C(N)CC(C)C)C(=O)NC(CCC(N)=O)C(=O)NC(CCCCN)C(=O)O. The van der Waals surface area contributed by atoms with Crippen LogP contribution in [-0.2, 0) is 33.6 Å². The van der Waals surface area contributed by atoms with E-state index in [1.165, 1.54) is 0 Å². The summed E-state index contributed by atoms with van der Waals surface area (Å²) >= 11 is 0. The number of carboxylic acid groups (broad SMARTS) is 2. The van der Waals surface area contributed by atoms with E-state index >= 15 is 0 Å². The van der Waals surface area contributed by atoms with Crippen molar-refractivity contribution in [3.63, 3.8) is 0 Å². The monoisotopic (exact) mass is 615 g/mol. The largest absolute Gasteiger partial charge is 0.481 e. The van der Waals surface area contributed by atoms with Gasteiger partial charge >= 0.3 is 11.9 Å². The summed E-state index contributed by atoms with van der Waals surface area (Å²) in [6.07, 6.45) is 0.337. The molecule has 0 fully saturated rings. The molecule has 246 valence electrons. The number of carbonyl (C=O) groups excluding carboxylic acids is 5. The molecular weight excluding hydrogens is 566 g/mol. The van der Waals surface area contributed by atoms with E-state index in [-0.39, 0.29) is 31.6 Å². The Morgan fingerprint density at radius 3 is 1.79 bits per heavy atom. The maximum Gasteiger partial charge on any atom is 0.326 e. The number of aliphatic carboxylic acids is 2. The third-order valence-corrected chi connectivity index (χ3v) is 6.74. The fourth-order valence-corrected chi connectivity index (χ4v) is 4.07. The summed E-state index contributed by atoms with van der Waals surface area (Å²) in [5, 5.41) is 28.4.